The lowest BCUT2D eigenvalue weighted by Crippen LogP contribution is -2.26. The molecule has 0 aromatic heterocycles. The van der Waals surface area contributed by atoms with E-state index in [1.165, 1.54) is 33.4 Å². The molecule has 2 aromatic rings. The zero-order valence-corrected chi connectivity index (χ0v) is 13.0. The van der Waals surface area contributed by atoms with Crippen LogP contribution in [-0.4, -0.2) is 6.04 Å². The van der Waals surface area contributed by atoms with Gasteiger partial charge in [0.15, 0.2) is 0 Å². The van der Waals surface area contributed by atoms with Gasteiger partial charge in [-0.2, -0.15) is 0 Å². The van der Waals surface area contributed by atoms with Crippen LogP contribution in [0.25, 0.3) is 0 Å². The third kappa shape index (κ3) is 3.71. The highest BCUT2D eigenvalue weighted by molar-refractivity contribution is 5.35. The van der Waals surface area contributed by atoms with E-state index in [1.54, 1.807) is 0 Å². The third-order valence-corrected chi connectivity index (χ3v) is 3.89. The molecule has 1 nitrogen and oxygen atoms in total. The van der Waals surface area contributed by atoms with Crippen molar-refractivity contribution < 1.29 is 0 Å². The monoisotopic (exact) mass is 267 g/mol. The second kappa shape index (κ2) is 6.23. The minimum absolute atomic E-state index is 0.177. The molecule has 0 aliphatic carbocycles. The Hall–Kier alpha value is -1.60. The molecule has 0 aliphatic rings. The van der Waals surface area contributed by atoms with Gasteiger partial charge in [0.1, 0.15) is 0 Å². The molecule has 1 heteroatoms. The number of nitrogens with two attached hydrogens (primary N) is 1. The summed E-state index contributed by atoms with van der Waals surface area (Å²) in [7, 11) is 0. The summed E-state index contributed by atoms with van der Waals surface area (Å²) in [5, 5.41) is 0. The van der Waals surface area contributed by atoms with Crippen LogP contribution in [0.2, 0.25) is 0 Å². The highest BCUT2D eigenvalue weighted by atomic mass is 14.6. The molecular formula is C19H25N. The van der Waals surface area contributed by atoms with Crippen LogP contribution in [-0.2, 0) is 12.8 Å². The molecule has 1 unspecified atom stereocenters. The summed E-state index contributed by atoms with van der Waals surface area (Å²) >= 11 is 0. The van der Waals surface area contributed by atoms with Gasteiger partial charge in [0.05, 0.1) is 0 Å². The third-order valence-electron chi connectivity index (χ3n) is 3.89. The smallest absolute Gasteiger partial charge is 0.0120 e. The van der Waals surface area contributed by atoms with E-state index < -0.39 is 0 Å². The second-order valence-corrected chi connectivity index (χ2v) is 6.03. The molecule has 0 fully saturated rings. The molecule has 106 valence electrons. The first-order valence-corrected chi connectivity index (χ1v) is 7.33. The van der Waals surface area contributed by atoms with Gasteiger partial charge in [-0.1, -0.05) is 47.5 Å². The lowest BCUT2D eigenvalue weighted by atomic mass is 9.93. The van der Waals surface area contributed by atoms with Crippen LogP contribution in [0, 0.1) is 27.7 Å². The Morgan fingerprint density at radius 1 is 0.850 bits per heavy atom. The van der Waals surface area contributed by atoms with Gasteiger partial charge in [0.2, 0.25) is 0 Å². The van der Waals surface area contributed by atoms with Crippen LogP contribution in [0.15, 0.2) is 36.4 Å². The minimum Gasteiger partial charge on any atom is -0.327 e. The molecule has 2 rings (SSSR count). The maximum atomic E-state index is 6.38. The van der Waals surface area contributed by atoms with Crippen LogP contribution in [0.3, 0.4) is 0 Å². The highest BCUT2D eigenvalue weighted by Crippen LogP contribution is 2.17. The van der Waals surface area contributed by atoms with E-state index in [9.17, 15) is 0 Å². The number of aryl methyl sites for hydroxylation is 4. The summed E-state index contributed by atoms with van der Waals surface area (Å²) in [4.78, 5) is 0. The zero-order valence-electron chi connectivity index (χ0n) is 13.0. The fourth-order valence-corrected chi connectivity index (χ4v) is 2.99. The summed E-state index contributed by atoms with van der Waals surface area (Å²) in [5.74, 6) is 0. The first kappa shape index (κ1) is 14.8. The van der Waals surface area contributed by atoms with Crippen molar-refractivity contribution in [2.45, 2.75) is 46.6 Å². The molecule has 0 heterocycles. The van der Waals surface area contributed by atoms with Crippen LogP contribution >= 0.6 is 0 Å². The van der Waals surface area contributed by atoms with Crippen LogP contribution in [0.4, 0.5) is 0 Å². The molecule has 0 radical (unpaired) electrons. The second-order valence-electron chi connectivity index (χ2n) is 6.03. The molecule has 1 atom stereocenters. The minimum atomic E-state index is 0.177. The average Bonchev–Trinajstić information content (AvgIpc) is 2.32. The largest absolute Gasteiger partial charge is 0.327 e. The van der Waals surface area contributed by atoms with E-state index >= 15 is 0 Å². The van der Waals surface area contributed by atoms with Crippen molar-refractivity contribution in [3.05, 3.63) is 69.8 Å². The summed E-state index contributed by atoms with van der Waals surface area (Å²) in [6.45, 7) is 8.64. The molecular weight excluding hydrogens is 242 g/mol. The van der Waals surface area contributed by atoms with Gasteiger partial charge in [-0.15, -0.1) is 0 Å². The van der Waals surface area contributed by atoms with Crippen molar-refractivity contribution in [2.24, 2.45) is 5.73 Å². The Labute approximate surface area is 122 Å². The quantitative estimate of drug-likeness (QED) is 0.889. The van der Waals surface area contributed by atoms with Crippen LogP contribution in [0.5, 0.6) is 0 Å². The van der Waals surface area contributed by atoms with Crippen molar-refractivity contribution in [1.82, 2.24) is 0 Å². The lowest BCUT2D eigenvalue weighted by Gasteiger charge is -2.16. The topological polar surface area (TPSA) is 26.0 Å². The molecule has 0 bridgehead atoms. The fourth-order valence-electron chi connectivity index (χ4n) is 2.99. The molecule has 2 aromatic carbocycles. The Balaban J connectivity index is 2.11. The van der Waals surface area contributed by atoms with Crippen LogP contribution in [0.1, 0.15) is 33.4 Å². The summed E-state index contributed by atoms with van der Waals surface area (Å²) in [6, 6.07) is 13.3. The van der Waals surface area contributed by atoms with Gasteiger partial charge in [-0.05, 0) is 62.8 Å². The summed E-state index contributed by atoms with van der Waals surface area (Å²) < 4.78 is 0. The average molecular weight is 267 g/mol. The molecule has 0 saturated carbocycles. The van der Waals surface area contributed by atoms with Crippen molar-refractivity contribution in [3.8, 4) is 0 Å². The number of hydrogen-bond donors (Lipinski definition) is 1. The van der Waals surface area contributed by atoms with E-state index in [2.05, 4.69) is 64.1 Å². The zero-order chi connectivity index (χ0) is 14.7. The Kier molecular flexibility index (Phi) is 4.61. The van der Waals surface area contributed by atoms with Gasteiger partial charge in [-0.25, -0.2) is 0 Å². The highest BCUT2D eigenvalue weighted by Gasteiger charge is 2.10. The standard InChI is InChI=1S/C19H25N/c1-13-8-14(2)10-17(9-13)11-18(20)12-19-15(3)6-5-7-16(19)4/h5-10,18H,11-12,20H2,1-4H3. The number of benzene rings is 2. The normalized spacial score (nSPS) is 12.4. The SMILES string of the molecule is Cc1cc(C)cc(CC(N)Cc2c(C)cccc2C)c1. The van der Waals surface area contributed by atoms with E-state index in [-0.39, 0.29) is 6.04 Å². The Bertz CT molecular complexity index is 558. The number of rotatable bonds is 4. The maximum absolute atomic E-state index is 6.38. The van der Waals surface area contributed by atoms with E-state index in [0.29, 0.717) is 0 Å². The van der Waals surface area contributed by atoms with E-state index in [1.807, 2.05) is 0 Å². The lowest BCUT2D eigenvalue weighted by molar-refractivity contribution is 0.660. The van der Waals surface area contributed by atoms with E-state index in [0.717, 1.165) is 12.8 Å². The molecule has 2 N–H and O–H groups in total. The van der Waals surface area contributed by atoms with Gasteiger partial charge in [-0.3, -0.25) is 0 Å². The molecule has 0 amide bonds. The molecule has 0 spiro atoms. The molecule has 0 aliphatic heterocycles. The van der Waals surface area contributed by atoms with Gasteiger partial charge in [0.25, 0.3) is 0 Å². The van der Waals surface area contributed by atoms with Crippen LogP contribution < -0.4 is 5.73 Å². The molecule has 20 heavy (non-hydrogen) atoms. The Morgan fingerprint density at radius 2 is 1.40 bits per heavy atom. The van der Waals surface area contributed by atoms with E-state index in [4.69, 9.17) is 5.73 Å². The predicted octanol–water partition coefficient (Wildman–Crippen LogP) is 4.03. The van der Waals surface area contributed by atoms with Crippen molar-refractivity contribution in [2.75, 3.05) is 0 Å². The first-order chi connectivity index (χ1) is 9.45. The van der Waals surface area contributed by atoms with Crippen molar-refractivity contribution in [3.63, 3.8) is 0 Å². The van der Waals surface area contributed by atoms with Gasteiger partial charge in [0, 0.05) is 6.04 Å². The fraction of sp³-hybridized carbons (Fsp3) is 0.368. The van der Waals surface area contributed by atoms with Gasteiger partial charge >= 0.3 is 0 Å². The maximum Gasteiger partial charge on any atom is 0.0120 e. The first-order valence-electron chi connectivity index (χ1n) is 7.33. The Morgan fingerprint density at radius 3 is 1.95 bits per heavy atom. The predicted molar refractivity (Wildman–Crippen MR) is 87.2 cm³/mol. The van der Waals surface area contributed by atoms with Crippen molar-refractivity contribution >= 4 is 0 Å². The number of hydrogen-bond acceptors (Lipinski definition) is 1. The molecule has 0 saturated heterocycles. The summed E-state index contributed by atoms with van der Waals surface area (Å²) in [5.41, 5.74) is 14.5. The van der Waals surface area contributed by atoms with Gasteiger partial charge < -0.3 is 5.73 Å². The summed E-state index contributed by atoms with van der Waals surface area (Å²) in [6.07, 6.45) is 1.89. The van der Waals surface area contributed by atoms with Crippen molar-refractivity contribution in [1.29, 1.82) is 0 Å².